The van der Waals surface area contributed by atoms with E-state index in [2.05, 4.69) is 10.5 Å². The molecule has 3 aromatic rings. The lowest BCUT2D eigenvalue weighted by Gasteiger charge is -2.11. The summed E-state index contributed by atoms with van der Waals surface area (Å²) >= 11 is 0. The Kier molecular flexibility index (Phi) is 7.91. The molecule has 0 aromatic heterocycles. The zero-order valence-electron chi connectivity index (χ0n) is 19.4. The largest absolute Gasteiger partial charge is 0.493 e. The van der Waals surface area contributed by atoms with Gasteiger partial charge in [-0.3, -0.25) is 4.79 Å². The highest BCUT2D eigenvalue weighted by Gasteiger charge is 2.19. The molecule has 0 radical (unpaired) electrons. The van der Waals surface area contributed by atoms with Gasteiger partial charge in [-0.25, -0.2) is 5.43 Å². The van der Waals surface area contributed by atoms with Crippen molar-refractivity contribution in [1.29, 1.82) is 0 Å². The van der Waals surface area contributed by atoms with Crippen molar-refractivity contribution in [3.8, 4) is 17.2 Å². The van der Waals surface area contributed by atoms with E-state index >= 15 is 0 Å². The Morgan fingerprint density at radius 2 is 1.59 bits per heavy atom. The Hall–Kier alpha value is -3.85. The van der Waals surface area contributed by atoms with Gasteiger partial charge in [0.05, 0.1) is 13.3 Å². The maximum absolute atomic E-state index is 12.6. The van der Waals surface area contributed by atoms with Crippen LogP contribution in [0.4, 0.5) is 0 Å². The van der Waals surface area contributed by atoms with Crippen molar-refractivity contribution in [3.63, 3.8) is 0 Å². The van der Waals surface area contributed by atoms with Crippen molar-refractivity contribution >= 4 is 22.2 Å². The number of nitrogens with one attached hydrogen (secondary N) is 1. The Balaban J connectivity index is 1.61. The second kappa shape index (κ2) is 10.8. The van der Waals surface area contributed by atoms with E-state index in [1.165, 1.54) is 31.5 Å². The zero-order chi connectivity index (χ0) is 24.7. The van der Waals surface area contributed by atoms with Gasteiger partial charge in [-0.1, -0.05) is 23.8 Å². The van der Waals surface area contributed by atoms with Crippen LogP contribution in [0.15, 0.2) is 70.7 Å². The molecule has 0 atom stereocenters. The minimum absolute atomic E-state index is 0.0334. The van der Waals surface area contributed by atoms with E-state index in [0.717, 1.165) is 16.7 Å². The highest BCUT2D eigenvalue weighted by molar-refractivity contribution is 7.87. The van der Waals surface area contributed by atoms with Gasteiger partial charge in [-0.15, -0.1) is 0 Å². The first-order valence-corrected chi connectivity index (χ1v) is 11.8. The van der Waals surface area contributed by atoms with Gasteiger partial charge in [-0.05, 0) is 79.9 Å². The molecule has 1 amide bonds. The number of hydrogen-bond acceptors (Lipinski definition) is 7. The van der Waals surface area contributed by atoms with Gasteiger partial charge >= 0.3 is 10.1 Å². The number of ether oxygens (including phenoxy) is 2. The second-order valence-electron chi connectivity index (χ2n) is 7.67. The van der Waals surface area contributed by atoms with Crippen LogP contribution in [0.3, 0.4) is 0 Å². The van der Waals surface area contributed by atoms with Crippen LogP contribution in [0.2, 0.25) is 0 Å². The summed E-state index contributed by atoms with van der Waals surface area (Å²) in [6.45, 7) is 5.58. The number of amides is 1. The van der Waals surface area contributed by atoms with Gasteiger partial charge in [-0.2, -0.15) is 13.5 Å². The molecule has 0 aliphatic rings. The number of aryl methyl sites for hydroxylation is 3. The molecule has 0 unspecified atom stereocenters. The van der Waals surface area contributed by atoms with E-state index in [0.29, 0.717) is 11.3 Å². The first-order chi connectivity index (χ1) is 16.2. The number of methoxy groups -OCH3 is 1. The van der Waals surface area contributed by atoms with Gasteiger partial charge in [0.25, 0.3) is 5.91 Å². The number of nitrogens with zero attached hydrogens (tertiary/aromatic N) is 1. The van der Waals surface area contributed by atoms with Gasteiger partial charge in [0, 0.05) is 0 Å². The van der Waals surface area contributed by atoms with Crippen molar-refractivity contribution in [2.24, 2.45) is 5.10 Å². The molecule has 0 heterocycles. The van der Waals surface area contributed by atoms with Crippen LogP contribution in [0.1, 0.15) is 22.3 Å². The van der Waals surface area contributed by atoms with E-state index in [-0.39, 0.29) is 23.0 Å². The predicted octanol–water partition coefficient (Wildman–Crippen LogP) is 3.92. The van der Waals surface area contributed by atoms with Crippen LogP contribution >= 0.6 is 0 Å². The third-order valence-corrected chi connectivity index (χ3v) is 5.91. The summed E-state index contributed by atoms with van der Waals surface area (Å²) in [5.74, 6) is 0.416. The summed E-state index contributed by atoms with van der Waals surface area (Å²) in [7, 11) is -2.63. The number of benzene rings is 3. The van der Waals surface area contributed by atoms with Crippen LogP contribution in [0.5, 0.6) is 17.2 Å². The lowest BCUT2D eigenvalue weighted by molar-refractivity contribution is -0.123. The number of hydrogen-bond donors (Lipinski definition) is 1. The lowest BCUT2D eigenvalue weighted by atomic mass is 10.1. The average molecular weight is 483 g/mol. The van der Waals surface area contributed by atoms with Crippen LogP contribution < -0.4 is 19.1 Å². The molecule has 8 nitrogen and oxygen atoms in total. The number of carbonyl (C=O) groups excluding carboxylic acids is 1. The normalized spacial score (nSPS) is 11.3. The van der Waals surface area contributed by atoms with Crippen molar-refractivity contribution < 1.29 is 26.9 Å². The summed E-state index contributed by atoms with van der Waals surface area (Å²) in [5.41, 5.74) is 5.97. The maximum Gasteiger partial charge on any atom is 0.339 e. The summed E-state index contributed by atoms with van der Waals surface area (Å²) in [4.78, 5) is 12.0. The molecule has 0 aliphatic heterocycles. The monoisotopic (exact) mass is 482 g/mol. The molecular formula is C25H26N2O6S. The first-order valence-electron chi connectivity index (χ1n) is 10.4. The molecule has 3 aromatic carbocycles. The number of hydrazone groups is 1. The smallest absolute Gasteiger partial charge is 0.339 e. The standard InChI is InChI=1S/C25H26N2O6S/c1-17-5-8-22(9-6-17)34(29,30)33-23-10-7-20(14-24(23)31-4)15-26-27-25(28)16-32-21-12-18(2)11-19(3)13-21/h5-15H,16H2,1-4H3,(H,27,28). The molecule has 1 N–H and O–H groups in total. The molecular weight excluding hydrogens is 456 g/mol. The molecule has 34 heavy (non-hydrogen) atoms. The van der Waals surface area contributed by atoms with Gasteiger partial charge in [0.15, 0.2) is 18.1 Å². The molecule has 0 saturated carbocycles. The molecule has 0 saturated heterocycles. The average Bonchev–Trinajstić information content (AvgIpc) is 2.78. The summed E-state index contributed by atoms with van der Waals surface area (Å²) < 4.78 is 41.1. The Bertz CT molecular complexity index is 1280. The number of carbonyl (C=O) groups is 1. The summed E-state index contributed by atoms with van der Waals surface area (Å²) in [6.07, 6.45) is 1.40. The molecule has 178 valence electrons. The SMILES string of the molecule is COc1cc(C=NNC(=O)COc2cc(C)cc(C)c2)ccc1OS(=O)(=O)c1ccc(C)cc1. The van der Waals surface area contributed by atoms with Gasteiger partial charge in [0.2, 0.25) is 0 Å². The maximum atomic E-state index is 12.6. The molecule has 9 heteroatoms. The third kappa shape index (κ3) is 6.82. The lowest BCUT2D eigenvalue weighted by Crippen LogP contribution is -2.24. The molecule has 0 fully saturated rings. The van der Waals surface area contributed by atoms with Crippen molar-refractivity contribution in [2.75, 3.05) is 13.7 Å². The van der Waals surface area contributed by atoms with Crippen molar-refractivity contribution in [2.45, 2.75) is 25.7 Å². The highest BCUT2D eigenvalue weighted by Crippen LogP contribution is 2.30. The molecule has 0 aliphatic carbocycles. The van der Waals surface area contributed by atoms with Crippen molar-refractivity contribution in [3.05, 3.63) is 82.9 Å². The third-order valence-electron chi connectivity index (χ3n) is 4.66. The van der Waals surface area contributed by atoms with Crippen LogP contribution in [-0.2, 0) is 14.9 Å². The van der Waals surface area contributed by atoms with E-state index in [9.17, 15) is 13.2 Å². The van der Waals surface area contributed by atoms with E-state index in [1.807, 2.05) is 39.0 Å². The van der Waals surface area contributed by atoms with E-state index < -0.39 is 16.0 Å². The highest BCUT2D eigenvalue weighted by atomic mass is 32.2. The number of rotatable bonds is 9. The summed E-state index contributed by atoms with van der Waals surface area (Å²) in [5, 5.41) is 3.91. The van der Waals surface area contributed by atoms with Crippen LogP contribution in [0.25, 0.3) is 0 Å². The summed E-state index contributed by atoms with van der Waals surface area (Å²) in [6, 6.07) is 16.6. The molecule has 0 bridgehead atoms. The van der Waals surface area contributed by atoms with Crippen LogP contribution in [0, 0.1) is 20.8 Å². The topological polar surface area (TPSA) is 103 Å². The molecule has 3 rings (SSSR count). The van der Waals surface area contributed by atoms with Crippen molar-refractivity contribution in [1.82, 2.24) is 5.43 Å². The second-order valence-corrected chi connectivity index (χ2v) is 9.21. The Morgan fingerprint density at radius 3 is 2.24 bits per heavy atom. The van der Waals surface area contributed by atoms with Gasteiger partial charge in [0.1, 0.15) is 10.6 Å². The quantitative estimate of drug-likeness (QED) is 0.282. The fourth-order valence-electron chi connectivity index (χ4n) is 3.08. The first kappa shape index (κ1) is 24.8. The Morgan fingerprint density at radius 1 is 0.912 bits per heavy atom. The minimum atomic E-state index is -4.02. The van der Waals surface area contributed by atoms with Gasteiger partial charge < -0.3 is 13.7 Å². The molecule has 0 spiro atoms. The van der Waals surface area contributed by atoms with E-state index in [4.69, 9.17) is 13.7 Å². The zero-order valence-corrected chi connectivity index (χ0v) is 20.2. The predicted molar refractivity (Wildman–Crippen MR) is 129 cm³/mol. The minimum Gasteiger partial charge on any atom is -0.493 e. The van der Waals surface area contributed by atoms with E-state index in [1.54, 1.807) is 24.3 Å². The Labute approximate surface area is 199 Å². The fourth-order valence-corrected chi connectivity index (χ4v) is 4.02. The van der Waals surface area contributed by atoms with Crippen LogP contribution in [-0.4, -0.2) is 34.3 Å². The fraction of sp³-hybridized carbons (Fsp3) is 0.200.